The smallest absolute Gasteiger partial charge is 0.243 e. The molecule has 3 amide bonds. The van der Waals surface area contributed by atoms with Crippen LogP contribution in [-0.4, -0.2) is 35.8 Å². The Morgan fingerprint density at radius 3 is 1.79 bits per heavy atom. The van der Waals surface area contributed by atoms with Crippen LogP contribution < -0.4 is 22.1 Å². The summed E-state index contributed by atoms with van der Waals surface area (Å²) in [5, 5.41) is 5.36. The second kappa shape index (κ2) is 10.3. The first-order chi connectivity index (χ1) is 11.0. The van der Waals surface area contributed by atoms with Gasteiger partial charge in [0.2, 0.25) is 17.7 Å². The van der Waals surface area contributed by atoms with Crippen molar-refractivity contribution >= 4 is 17.7 Å². The number of carbonyl (C=O) groups excluding carboxylic acids is 3. The average molecular weight is 342 g/mol. The normalized spacial score (nSPS) is 16.4. The first kappa shape index (κ1) is 22.4. The largest absolute Gasteiger partial charge is 0.368 e. The molecule has 6 N–H and O–H groups in total. The van der Waals surface area contributed by atoms with Gasteiger partial charge in [0.1, 0.15) is 12.1 Å². The summed E-state index contributed by atoms with van der Waals surface area (Å²) < 4.78 is 0. The van der Waals surface area contributed by atoms with Crippen LogP contribution in [0.4, 0.5) is 0 Å². The molecule has 0 aliphatic rings. The fourth-order valence-corrected chi connectivity index (χ4v) is 2.38. The lowest BCUT2D eigenvalue weighted by atomic mass is 9.96. The van der Waals surface area contributed by atoms with E-state index in [1.54, 1.807) is 0 Å². The van der Waals surface area contributed by atoms with Crippen molar-refractivity contribution in [3.63, 3.8) is 0 Å². The third kappa shape index (κ3) is 7.29. The van der Waals surface area contributed by atoms with Crippen LogP contribution in [0, 0.1) is 17.8 Å². The van der Waals surface area contributed by atoms with Gasteiger partial charge in [-0.25, -0.2) is 0 Å². The molecule has 4 atom stereocenters. The molecule has 24 heavy (non-hydrogen) atoms. The van der Waals surface area contributed by atoms with Gasteiger partial charge in [0.05, 0.1) is 6.04 Å². The van der Waals surface area contributed by atoms with Gasteiger partial charge in [-0.1, -0.05) is 48.0 Å². The molecule has 0 aromatic carbocycles. The molecule has 0 aromatic rings. The number of nitrogens with one attached hydrogen (secondary N) is 2. The number of primary amides is 1. The van der Waals surface area contributed by atoms with Gasteiger partial charge in [-0.05, 0) is 24.2 Å². The van der Waals surface area contributed by atoms with Gasteiger partial charge in [-0.2, -0.15) is 0 Å². The highest BCUT2D eigenvalue weighted by atomic mass is 16.2. The molecule has 0 spiro atoms. The van der Waals surface area contributed by atoms with Gasteiger partial charge in [0, 0.05) is 0 Å². The second-order valence-electron chi connectivity index (χ2n) is 7.24. The second-order valence-corrected chi connectivity index (χ2v) is 7.24. The molecule has 0 aliphatic heterocycles. The Labute approximate surface area is 145 Å². The van der Waals surface area contributed by atoms with E-state index in [-0.39, 0.29) is 23.7 Å². The third-order valence-electron chi connectivity index (χ3n) is 4.13. The summed E-state index contributed by atoms with van der Waals surface area (Å²) in [7, 11) is 0. The third-order valence-corrected chi connectivity index (χ3v) is 4.13. The van der Waals surface area contributed by atoms with Gasteiger partial charge in [-0.3, -0.25) is 14.4 Å². The van der Waals surface area contributed by atoms with Gasteiger partial charge in [0.15, 0.2) is 0 Å². The van der Waals surface area contributed by atoms with E-state index >= 15 is 0 Å². The summed E-state index contributed by atoms with van der Waals surface area (Å²) in [6.07, 6.45) is 1.24. The number of nitrogens with two attached hydrogens (primary N) is 2. The highest BCUT2D eigenvalue weighted by molar-refractivity contribution is 5.92. The Bertz CT molecular complexity index is 438. The Hall–Kier alpha value is -1.63. The van der Waals surface area contributed by atoms with Crippen molar-refractivity contribution < 1.29 is 14.4 Å². The molecule has 0 saturated carbocycles. The number of amides is 3. The van der Waals surface area contributed by atoms with Crippen molar-refractivity contribution in [2.45, 2.75) is 72.5 Å². The van der Waals surface area contributed by atoms with Crippen LogP contribution in [0.1, 0.15) is 54.4 Å². The molecule has 0 heterocycles. The zero-order valence-electron chi connectivity index (χ0n) is 15.8. The van der Waals surface area contributed by atoms with Crippen molar-refractivity contribution in [3.05, 3.63) is 0 Å². The average Bonchev–Trinajstić information content (AvgIpc) is 2.47. The zero-order valence-corrected chi connectivity index (χ0v) is 15.8. The van der Waals surface area contributed by atoms with Gasteiger partial charge >= 0.3 is 0 Å². The molecule has 0 unspecified atom stereocenters. The van der Waals surface area contributed by atoms with Crippen molar-refractivity contribution in [1.29, 1.82) is 0 Å². The maximum absolute atomic E-state index is 12.5. The highest BCUT2D eigenvalue weighted by Crippen LogP contribution is 2.10. The van der Waals surface area contributed by atoms with Crippen molar-refractivity contribution in [1.82, 2.24) is 10.6 Å². The van der Waals surface area contributed by atoms with Crippen LogP contribution in [0.25, 0.3) is 0 Å². The van der Waals surface area contributed by atoms with E-state index in [1.165, 1.54) is 0 Å². The summed E-state index contributed by atoms with van der Waals surface area (Å²) >= 11 is 0. The first-order valence-electron chi connectivity index (χ1n) is 8.66. The lowest BCUT2D eigenvalue weighted by Crippen LogP contribution is -2.58. The maximum atomic E-state index is 12.5. The van der Waals surface area contributed by atoms with Crippen LogP contribution in [0.3, 0.4) is 0 Å². The van der Waals surface area contributed by atoms with E-state index < -0.39 is 29.9 Å². The lowest BCUT2D eigenvalue weighted by Gasteiger charge is -2.27. The molecule has 0 radical (unpaired) electrons. The van der Waals surface area contributed by atoms with Crippen molar-refractivity contribution in [2.24, 2.45) is 29.2 Å². The monoisotopic (exact) mass is 342 g/mol. The molecule has 7 nitrogen and oxygen atoms in total. The van der Waals surface area contributed by atoms with Crippen molar-refractivity contribution in [2.75, 3.05) is 0 Å². The minimum atomic E-state index is -0.762. The van der Waals surface area contributed by atoms with E-state index in [1.807, 2.05) is 41.5 Å². The van der Waals surface area contributed by atoms with Crippen LogP contribution in [0.5, 0.6) is 0 Å². The van der Waals surface area contributed by atoms with Crippen molar-refractivity contribution in [3.8, 4) is 0 Å². The lowest BCUT2D eigenvalue weighted by molar-refractivity contribution is -0.133. The van der Waals surface area contributed by atoms with Gasteiger partial charge in [0.25, 0.3) is 0 Å². The fraction of sp³-hybridized carbons (Fsp3) is 0.824. The van der Waals surface area contributed by atoms with E-state index in [9.17, 15) is 14.4 Å². The predicted octanol–water partition coefficient (Wildman–Crippen LogP) is 0.517. The van der Waals surface area contributed by atoms with Gasteiger partial charge in [-0.15, -0.1) is 0 Å². The molecule has 0 aromatic heterocycles. The summed E-state index contributed by atoms with van der Waals surface area (Å²) in [5.74, 6) is -1.32. The molecule has 0 rings (SSSR count). The number of carbonyl (C=O) groups is 3. The number of hydrogen-bond donors (Lipinski definition) is 4. The quantitative estimate of drug-likeness (QED) is 0.461. The maximum Gasteiger partial charge on any atom is 0.243 e. The molecule has 0 saturated heterocycles. The standard InChI is InChI=1S/C17H34N4O3/c1-7-11(6)14(15(19)22)21-17(24)13(10(4)5)20-16(23)12(18)8-9(2)3/h9-14H,7-8,18H2,1-6H3,(H2,19,22)(H,20,23)(H,21,24)/t11-,12-,13-,14-/m0/s1. The molecule has 140 valence electrons. The molecular formula is C17H34N4O3. The molecule has 0 aliphatic carbocycles. The van der Waals surface area contributed by atoms with Crippen LogP contribution in [0.2, 0.25) is 0 Å². The number of hydrogen-bond acceptors (Lipinski definition) is 4. The summed E-state index contributed by atoms with van der Waals surface area (Å²) in [4.78, 5) is 36.3. The van der Waals surface area contributed by atoms with E-state index in [2.05, 4.69) is 10.6 Å². The molecule has 0 fully saturated rings. The molecule has 0 bridgehead atoms. The highest BCUT2D eigenvalue weighted by Gasteiger charge is 2.31. The van der Waals surface area contributed by atoms with Crippen LogP contribution in [0.15, 0.2) is 0 Å². The van der Waals surface area contributed by atoms with Crippen LogP contribution in [-0.2, 0) is 14.4 Å². The minimum Gasteiger partial charge on any atom is -0.368 e. The van der Waals surface area contributed by atoms with Gasteiger partial charge < -0.3 is 22.1 Å². The minimum absolute atomic E-state index is 0.0850. The first-order valence-corrected chi connectivity index (χ1v) is 8.66. The summed E-state index contributed by atoms with van der Waals surface area (Å²) in [6, 6.07) is -2.19. The predicted molar refractivity (Wildman–Crippen MR) is 94.8 cm³/mol. The summed E-state index contributed by atoms with van der Waals surface area (Å²) in [6.45, 7) is 11.4. The molecule has 7 heteroatoms. The van der Waals surface area contributed by atoms with E-state index in [4.69, 9.17) is 11.5 Å². The Morgan fingerprint density at radius 1 is 0.917 bits per heavy atom. The Balaban J connectivity index is 5.01. The summed E-state index contributed by atoms with van der Waals surface area (Å²) in [5.41, 5.74) is 11.2. The van der Waals surface area contributed by atoms with E-state index in [0.717, 1.165) is 0 Å². The Kier molecular flexibility index (Phi) is 9.58. The fourth-order valence-electron chi connectivity index (χ4n) is 2.38. The number of rotatable bonds is 10. The molecular weight excluding hydrogens is 308 g/mol. The Morgan fingerprint density at radius 2 is 1.42 bits per heavy atom. The van der Waals surface area contributed by atoms with E-state index in [0.29, 0.717) is 12.8 Å². The SMILES string of the molecule is CC[C@H](C)[C@H](NC(=O)[C@@H](NC(=O)[C@@H](N)CC(C)C)C(C)C)C(N)=O. The zero-order chi connectivity index (χ0) is 19.0. The van der Waals surface area contributed by atoms with Crippen LogP contribution >= 0.6 is 0 Å². The topological polar surface area (TPSA) is 127 Å².